The molecule has 0 spiro atoms. The molecule has 7 heteroatoms. The van der Waals surface area contributed by atoms with Crippen LogP contribution in [-0.4, -0.2) is 40.8 Å². The summed E-state index contributed by atoms with van der Waals surface area (Å²) in [4.78, 5) is 14.7. The smallest absolute Gasteiger partial charge is 0.274 e. The van der Waals surface area contributed by atoms with Crippen LogP contribution in [0.1, 0.15) is 54.2 Å². The van der Waals surface area contributed by atoms with E-state index in [0.717, 1.165) is 11.3 Å². The minimum atomic E-state index is -0.439. The average molecular weight is 361 g/mol. The first-order valence-electron chi connectivity index (χ1n) is 8.78. The Hall–Kier alpha value is -2.41. The number of carbonyl (C=O) groups is 1. The maximum atomic E-state index is 13.9. The Morgan fingerprint density at radius 1 is 1.46 bits per heavy atom. The number of aromatic nitrogens is 2. The molecule has 3 rings (SSSR count). The molecular weight excluding hydrogens is 337 g/mol. The number of fused-ring (bicyclic) bond motifs is 1. The number of ether oxygens (including phenoxy) is 2. The van der Waals surface area contributed by atoms with E-state index < -0.39 is 5.82 Å². The van der Waals surface area contributed by atoms with Crippen LogP contribution in [0.5, 0.6) is 5.75 Å². The van der Waals surface area contributed by atoms with Gasteiger partial charge in [0.05, 0.1) is 25.0 Å². The van der Waals surface area contributed by atoms with E-state index in [1.54, 1.807) is 17.0 Å². The lowest BCUT2D eigenvalue weighted by molar-refractivity contribution is -0.00702. The molecule has 0 saturated heterocycles. The van der Waals surface area contributed by atoms with Gasteiger partial charge in [-0.05, 0) is 38.5 Å². The van der Waals surface area contributed by atoms with Crippen molar-refractivity contribution in [1.29, 1.82) is 0 Å². The van der Waals surface area contributed by atoms with Gasteiger partial charge in [-0.15, -0.1) is 0 Å². The zero-order valence-electron chi connectivity index (χ0n) is 15.5. The molecule has 0 bridgehead atoms. The molecule has 2 aromatic rings. The molecule has 2 atom stereocenters. The van der Waals surface area contributed by atoms with Crippen LogP contribution in [0.4, 0.5) is 4.39 Å². The van der Waals surface area contributed by atoms with Crippen molar-refractivity contribution in [1.82, 2.24) is 15.1 Å². The summed E-state index contributed by atoms with van der Waals surface area (Å²) < 4.78 is 24.6. The van der Waals surface area contributed by atoms with Gasteiger partial charge in [0.1, 0.15) is 0 Å². The van der Waals surface area contributed by atoms with Gasteiger partial charge in [0.2, 0.25) is 0 Å². The minimum Gasteiger partial charge on any atom is -0.494 e. The zero-order chi connectivity index (χ0) is 18.8. The molecule has 1 aromatic carbocycles. The fourth-order valence-electron chi connectivity index (χ4n) is 3.36. The molecule has 1 aromatic heterocycles. The first-order valence-corrected chi connectivity index (χ1v) is 8.78. The van der Waals surface area contributed by atoms with Crippen LogP contribution in [0.15, 0.2) is 18.2 Å². The molecule has 1 aliphatic heterocycles. The van der Waals surface area contributed by atoms with E-state index in [2.05, 4.69) is 10.2 Å². The lowest BCUT2D eigenvalue weighted by Gasteiger charge is -2.26. The lowest BCUT2D eigenvalue weighted by atomic mass is 9.99. The number of amides is 1. The van der Waals surface area contributed by atoms with E-state index in [9.17, 15) is 9.18 Å². The highest BCUT2D eigenvalue weighted by Crippen LogP contribution is 2.30. The monoisotopic (exact) mass is 361 g/mol. The molecule has 6 nitrogen and oxygen atoms in total. The van der Waals surface area contributed by atoms with E-state index in [-0.39, 0.29) is 23.9 Å². The van der Waals surface area contributed by atoms with Crippen molar-refractivity contribution in [3.63, 3.8) is 0 Å². The van der Waals surface area contributed by atoms with Gasteiger partial charge in [0.15, 0.2) is 17.3 Å². The maximum Gasteiger partial charge on any atom is 0.274 e. The topological polar surface area (TPSA) is 67.5 Å². The van der Waals surface area contributed by atoms with Gasteiger partial charge in [-0.3, -0.25) is 9.89 Å². The molecule has 0 aliphatic carbocycles. The number of nitrogens with one attached hydrogen (secondary N) is 1. The van der Waals surface area contributed by atoms with Crippen LogP contribution >= 0.6 is 0 Å². The van der Waals surface area contributed by atoms with Crippen LogP contribution in [-0.2, 0) is 17.7 Å². The van der Waals surface area contributed by atoms with Crippen LogP contribution in [0.25, 0.3) is 0 Å². The van der Waals surface area contributed by atoms with Crippen molar-refractivity contribution in [3.8, 4) is 5.75 Å². The molecule has 0 radical (unpaired) electrons. The van der Waals surface area contributed by atoms with E-state index in [1.807, 2.05) is 20.8 Å². The van der Waals surface area contributed by atoms with Crippen molar-refractivity contribution in [3.05, 3.63) is 46.5 Å². The van der Waals surface area contributed by atoms with E-state index in [4.69, 9.17) is 9.47 Å². The predicted octanol–water partition coefficient (Wildman–Crippen LogP) is 3.24. The molecule has 0 fully saturated rings. The number of H-pyrrole nitrogens is 1. The average Bonchev–Trinajstić information content (AvgIpc) is 3.03. The third-order valence-corrected chi connectivity index (χ3v) is 4.69. The molecule has 140 valence electrons. The Bertz CT molecular complexity index is 805. The first-order chi connectivity index (χ1) is 12.4. The quantitative estimate of drug-likeness (QED) is 0.888. The number of aromatic amines is 1. The Morgan fingerprint density at radius 2 is 2.23 bits per heavy atom. The molecule has 0 saturated carbocycles. The number of hydrogen-bond donors (Lipinski definition) is 1. The maximum absolute atomic E-state index is 13.9. The van der Waals surface area contributed by atoms with Crippen LogP contribution < -0.4 is 4.74 Å². The number of halogens is 1. The summed E-state index contributed by atoms with van der Waals surface area (Å²) in [5.41, 5.74) is 2.91. The van der Waals surface area contributed by atoms with Crippen molar-refractivity contribution in [2.75, 3.05) is 13.7 Å². The highest BCUT2D eigenvalue weighted by Gasteiger charge is 2.31. The number of hydrogen-bond acceptors (Lipinski definition) is 4. The highest BCUT2D eigenvalue weighted by molar-refractivity contribution is 5.94. The van der Waals surface area contributed by atoms with Crippen LogP contribution in [0.3, 0.4) is 0 Å². The van der Waals surface area contributed by atoms with Gasteiger partial charge in [-0.25, -0.2) is 4.39 Å². The van der Waals surface area contributed by atoms with Crippen molar-refractivity contribution in [2.24, 2.45) is 0 Å². The Kier molecular flexibility index (Phi) is 5.27. The molecule has 1 N–H and O–H groups in total. The van der Waals surface area contributed by atoms with E-state index in [1.165, 1.54) is 13.2 Å². The van der Waals surface area contributed by atoms with Gasteiger partial charge in [-0.2, -0.15) is 5.10 Å². The second kappa shape index (κ2) is 7.45. The Balaban J connectivity index is 1.83. The highest BCUT2D eigenvalue weighted by atomic mass is 19.1. The lowest BCUT2D eigenvalue weighted by Crippen LogP contribution is -2.32. The largest absolute Gasteiger partial charge is 0.494 e. The molecule has 0 unspecified atom stereocenters. The fraction of sp³-hybridized carbons (Fsp3) is 0.474. The molecule has 2 heterocycles. The second-order valence-corrected chi connectivity index (χ2v) is 6.55. The normalized spacial score (nSPS) is 19.1. The summed E-state index contributed by atoms with van der Waals surface area (Å²) in [6.07, 6.45) is 0.562. The summed E-state index contributed by atoms with van der Waals surface area (Å²) in [6.45, 7) is 6.62. The number of carbonyl (C=O) groups excluding carboxylic acids is 1. The standard InChI is InChI=1S/C19H24FN3O3/c1-5-23(10-13-6-7-16(25-4)15(20)9-13)19(24)18-14-8-11(2)26-12(3)17(14)21-22-18/h6-7,9,11-12H,5,8,10H2,1-4H3,(H,21,22)/t11-,12+/m0/s1. The second-order valence-electron chi connectivity index (χ2n) is 6.55. The fourth-order valence-corrected chi connectivity index (χ4v) is 3.36. The van der Waals surface area contributed by atoms with Crippen LogP contribution in [0, 0.1) is 5.82 Å². The van der Waals surface area contributed by atoms with Gasteiger partial charge in [-0.1, -0.05) is 6.07 Å². The molecular formula is C19H24FN3O3. The predicted molar refractivity (Wildman–Crippen MR) is 94.6 cm³/mol. The summed E-state index contributed by atoms with van der Waals surface area (Å²) >= 11 is 0. The zero-order valence-corrected chi connectivity index (χ0v) is 15.5. The Morgan fingerprint density at radius 3 is 2.88 bits per heavy atom. The van der Waals surface area contributed by atoms with Gasteiger partial charge >= 0.3 is 0 Å². The number of rotatable bonds is 5. The van der Waals surface area contributed by atoms with Crippen molar-refractivity contribution in [2.45, 2.75) is 45.9 Å². The molecule has 1 aliphatic rings. The minimum absolute atomic E-state index is 0.0346. The third-order valence-electron chi connectivity index (χ3n) is 4.69. The summed E-state index contributed by atoms with van der Waals surface area (Å²) in [5.74, 6) is -0.416. The first kappa shape index (κ1) is 18.4. The molecule has 1 amide bonds. The summed E-state index contributed by atoms with van der Waals surface area (Å²) in [5, 5.41) is 7.19. The third kappa shape index (κ3) is 3.44. The van der Waals surface area contributed by atoms with Crippen LogP contribution in [0.2, 0.25) is 0 Å². The summed E-state index contributed by atoms with van der Waals surface area (Å²) in [6, 6.07) is 4.72. The van der Waals surface area contributed by atoms with E-state index >= 15 is 0 Å². The van der Waals surface area contributed by atoms with Gasteiger partial charge in [0.25, 0.3) is 5.91 Å². The number of nitrogens with zero attached hydrogens (tertiary/aromatic N) is 2. The van der Waals surface area contributed by atoms with E-state index in [0.29, 0.717) is 30.8 Å². The van der Waals surface area contributed by atoms with Crippen molar-refractivity contribution < 1.29 is 18.7 Å². The summed E-state index contributed by atoms with van der Waals surface area (Å²) in [7, 11) is 1.42. The number of benzene rings is 1. The number of methoxy groups -OCH3 is 1. The SMILES string of the molecule is CCN(Cc1ccc(OC)c(F)c1)C(=O)c1n[nH]c2c1C[C@H](C)O[C@@H]2C. The Labute approximate surface area is 152 Å². The molecule has 26 heavy (non-hydrogen) atoms. The van der Waals surface area contributed by atoms with Gasteiger partial charge in [0, 0.05) is 25.1 Å². The van der Waals surface area contributed by atoms with Crippen molar-refractivity contribution >= 4 is 5.91 Å². The van der Waals surface area contributed by atoms with Gasteiger partial charge < -0.3 is 14.4 Å².